The Morgan fingerprint density at radius 2 is 2.25 bits per heavy atom. The summed E-state index contributed by atoms with van der Waals surface area (Å²) in [5, 5.41) is 0.253. The summed E-state index contributed by atoms with van der Waals surface area (Å²) in [6, 6.07) is 0. The Bertz CT molecular complexity index is 419. The quantitative estimate of drug-likeness (QED) is 0.754. The van der Waals surface area contributed by atoms with Crippen LogP contribution in [0.3, 0.4) is 0 Å². The first-order valence-corrected chi connectivity index (χ1v) is 5.68. The van der Waals surface area contributed by atoms with Crippen molar-refractivity contribution < 1.29 is 4.79 Å². The molecule has 2 heterocycles. The number of carbonyl (C=O) groups excluding carboxylic acids is 1. The smallest absolute Gasteiger partial charge is 0.274 e. The zero-order chi connectivity index (χ0) is 11.8. The molecule has 5 heteroatoms. The summed E-state index contributed by atoms with van der Waals surface area (Å²) >= 11 is 5.72. The minimum Gasteiger partial charge on any atom is -0.332 e. The molecule has 0 unspecified atom stereocenters. The van der Waals surface area contributed by atoms with Crippen molar-refractivity contribution >= 4 is 17.5 Å². The number of aromatic nitrogens is 2. The van der Waals surface area contributed by atoms with Crippen LogP contribution >= 0.6 is 11.6 Å². The Morgan fingerprint density at radius 3 is 2.81 bits per heavy atom. The fourth-order valence-corrected chi connectivity index (χ4v) is 2.21. The predicted octanol–water partition coefficient (Wildman–Crippen LogP) is 2.14. The molecule has 16 heavy (non-hydrogen) atoms. The van der Waals surface area contributed by atoms with Crippen LogP contribution in [0.25, 0.3) is 0 Å². The molecule has 0 radical (unpaired) electrons. The first kappa shape index (κ1) is 11.3. The third kappa shape index (κ3) is 2.02. The van der Waals surface area contributed by atoms with Gasteiger partial charge in [-0.3, -0.25) is 9.78 Å². The highest BCUT2D eigenvalue weighted by molar-refractivity contribution is 6.29. The number of halogens is 1. The molecule has 0 aliphatic carbocycles. The van der Waals surface area contributed by atoms with Crippen molar-refractivity contribution in [2.75, 3.05) is 6.54 Å². The highest BCUT2D eigenvalue weighted by Gasteiger charge is 2.36. The van der Waals surface area contributed by atoms with E-state index in [1.165, 1.54) is 12.4 Å². The first-order chi connectivity index (χ1) is 7.50. The van der Waals surface area contributed by atoms with Crippen LogP contribution in [0.2, 0.25) is 5.15 Å². The second-order valence-corrected chi connectivity index (χ2v) is 4.99. The van der Waals surface area contributed by atoms with E-state index in [4.69, 9.17) is 11.6 Å². The van der Waals surface area contributed by atoms with Crippen molar-refractivity contribution in [3.8, 4) is 0 Å². The normalized spacial score (nSPS) is 18.8. The maximum Gasteiger partial charge on any atom is 0.274 e. The molecule has 1 fully saturated rings. The van der Waals surface area contributed by atoms with Gasteiger partial charge in [0.25, 0.3) is 5.91 Å². The lowest BCUT2D eigenvalue weighted by atomic mass is 10.0. The van der Waals surface area contributed by atoms with Crippen LogP contribution in [0, 0.1) is 0 Å². The zero-order valence-corrected chi connectivity index (χ0v) is 10.2. The minimum absolute atomic E-state index is 0.0856. The molecule has 1 aromatic rings. The molecule has 1 aliphatic rings. The summed E-state index contributed by atoms with van der Waals surface area (Å²) in [6.07, 6.45) is 4.94. The van der Waals surface area contributed by atoms with E-state index < -0.39 is 0 Å². The number of nitrogens with zero attached hydrogens (tertiary/aromatic N) is 3. The van der Waals surface area contributed by atoms with Gasteiger partial charge in [0.05, 0.1) is 12.4 Å². The molecule has 1 aromatic heterocycles. The van der Waals surface area contributed by atoms with Crippen molar-refractivity contribution in [3.63, 3.8) is 0 Å². The Hall–Kier alpha value is -1.16. The average Bonchev–Trinajstić information content (AvgIpc) is 2.57. The Morgan fingerprint density at radius 1 is 1.50 bits per heavy atom. The fourth-order valence-electron chi connectivity index (χ4n) is 2.07. The van der Waals surface area contributed by atoms with Gasteiger partial charge in [0.2, 0.25) is 0 Å². The lowest BCUT2D eigenvalue weighted by molar-refractivity contribution is 0.0645. The molecule has 0 N–H and O–H groups in total. The SMILES string of the molecule is CC1(C)CCCN1C(=O)c1cncc(Cl)n1. The van der Waals surface area contributed by atoms with E-state index in [0.29, 0.717) is 5.69 Å². The molecule has 1 amide bonds. The lowest BCUT2D eigenvalue weighted by Crippen LogP contribution is -2.43. The lowest BCUT2D eigenvalue weighted by Gasteiger charge is -2.31. The highest BCUT2D eigenvalue weighted by Crippen LogP contribution is 2.29. The third-order valence-corrected chi connectivity index (χ3v) is 3.15. The van der Waals surface area contributed by atoms with E-state index in [0.717, 1.165) is 19.4 Å². The standard InChI is InChI=1S/C11H14ClN3O/c1-11(2)4-3-5-15(11)10(16)8-6-13-7-9(12)14-8/h6-7H,3-5H2,1-2H3. The van der Waals surface area contributed by atoms with Gasteiger partial charge in [-0.15, -0.1) is 0 Å². The molecule has 1 aliphatic heterocycles. The summed E-state index contributed by atoms with van der Waals surface area (Å²) < 4.78 is 0. The largest absolute Gasteiger partial charge is 0.332 e. The van der Waals surface area contributed by atoms with Crippen LogP contribution in [0.15, 0.2) is 12.4 Å². The van der Waals surface area contributed by atoms with Crippen molar-refractivity contribution in [1.82, 2.24) is 14.9 Å². The van der Waals surface area contributed by atoms with Gasteiger partial charge < -0.3 is 4.90 Å². The first-order valence-electron chi connectivity index (χ1n) is 5.30. The number of amides is 1. The van der Waals surface area contributed by atoms with Crippen LogP contribution in [-0.4, -0.2) is 32.9 Å². The highest BCUT2D eigenvalue weighted by atomic mass is 35.5. The maximum atomic E-state index is 12.2. The predicted molar refractivity (Wildman–Crippen MR) is 61.4 cm³/mol. The van der Waals surface area contributed by atoms with Crippen LogP contribution in [0.5, 0.6) is 0 Å². The van der Waals surface area contributed by atoms with Crippen LogP contribution in [0.1, 0.15) is 37.2 Å². The number of likely N-dealkylation sites (tertiary alicyclic amines) is 1. The average molecular weight is 240 g/mol. The molecule has 0 aromatic carbocycles. The number of hydrogen-bond acceptors (Lipinski definition) is 3. The topological polar surface area (TPSA) is 46.1 Å². The molecular weight excluding hydrogens is 226 g/mol. The van der Waals surface area contributed by atoms with E-state index in [1.807, 2.05) is 4.90 Å². The monoisotopic (exact) mass is 239 g/mol. The molecule has 0 saturated carbocycles. The minimum atomic E-state index is -0.0961. The molecule has 86 valence electrons. The molecule has 0 atom stereocenters. The van der Waals surface area contributed by atoms with Gasteiger partial charge in [0.1, 0.15) is 10.8 Å². The van der Waals surface area contributed by atoms with Gasteiger partial charge >= 0.3 is 0 Å². The molecule has 1 saturated heterocycles. The van der Waals surface area contributed by atoms with Gasteiger partial charge in [0.15, 0.2) is 0 Å². The van der Waals surface area contributed by atoms with Crippen molar-refractivity contribution in [2.24, 2.45) is 0 Å². The van der Waals surface area contributed by atoms with Gasteiger partial charge in [-0.1, -0.05) is 11.6 Å². The second-order valence-electron chi connectivity index (χ2n) is 4.60. The Kier molecular flexibility index (Phi) is 2.84. The number of carbonyl (C=O) groups is 1. The van der Waals surface area contributed by atoms with Crippen molar-refractivity contribution in [1.29, 1.82) is 0 Å². The summed E-state index contributed by atoms with van der Waals surface area (Å²) in [7, 11) is 0. The summed E-state index contributed by atoms with van der Waals surface area (Å²) in [4.78, 5) is 21.9. The van der Waals surface area contributed by atoms with E-state index in [-0.39, 0.29) is 16.6 Å². The fraction of sp³-hybridized carbons (Fsp3) is 0.545. The van der Waals surface area contributed by atoms with Crippen LogP contribution in [0.4, 0.5) is 0 Å². The maximum absolute atomic E-state index is 12.2. The van der Waals surface area contributed by atoms with Crippen molar-refractivity contribution in [3.05, 3.63) is 23.2 Å². The van der Waals surface area contributed by atoms with Crippen molar-refractivity contribution in [2.45, 2.75) is 32.2 Å². The van der Waals surface area contributed by atoms with E-state index >= 15 is 0 Å². The number of hydrogen-bond donors (Lipinski definition) is 0. The zero-order valence-electron chi connectivity index (χ0n) is 9.40. The van der Waals surface area contributed by atoms with Crippen LogP contribution in [-0.2, 0) is 0 Å². The van der Waals surface area contributed by atoms with Gasteiger partial charge in [-0.05, 0) is 26.7 Å². The molecule has 4 nitrogen and oxygen atoms in total. The molecule has 0 bridgehead atoms. The third-order valence-electron chi connectivity index (χ3n) is 2.97. The van der Waals surface area contributed by atoms with Crippen LogP contribution < -0.4 is 0 Å². The van der Waals surface area contributed by atoms with E-state index in [2.05, 4.69) is 23.8 Å². The molecule has 0 spiro atoms. The molecule has 2 rings (SSSR count). The molecular formula is C11H14ClN3O. The summed E-state index contributed by atoms with van der Waals surface area (Å²) in [5.41, 5.74) is 0.226. The summed E-state index contributed by atoms with van der Waals surface area (Å²) in [6.45, 7) is 4.91. The second kappa shape index (κ2) is 4.01. The van der Waals surface area contributed by atoms with Gasteiger partial charge in [-0.2, -0.15) is 0 Å². The number of rotatable bonds is 1. The van der Waals surface area contributed by atoms with Gasteiger partial charge in [0, 0.05) is 12.1 Å². The Balaban J connectivity index is 2.26. The van der Waals surface area contributed by atoms with Gasteiger partial charge in [-0.25, -0.2) is 4.98 Å². The van der Waals surface area contributed by atoms with E-state index in [1.54, 1.807) is 0 Å². The van der Waals surface area contributed by atoms with E-state index in [9.17, 15) is 4.79 Å². The summed E-state index contributed by atoms with van der Waals surface area (Å²) in [5.74, 6) is -0.0856. The Labute approximate surface area is 99.6 Å².